The first-order valence-corrected chi connectivity index (χ1v) is 10.4. The lowest BCUT2D eigenvalue weighted by atomic mass is 10.0. The maximum Gasteiger partial charge on any atom is 0.419 e. The highest BCUT2D eigenvalue weighted by atomic mass is 19.4. The van der Waals surface area contributed by atoms with Crippen molar-refractivity contribution >= 4 is 17.6 Å². The summed E-state index contributed by atoms with van der Waals surface area (Å²) in [6.45, 7) is 6.32. The molecule has 2 aromatic rings. The lowest BCUT2D eigenvalue weighted by molar-refractivity contribution is -0.138. The summed E-state index contributed by atoms with van der Waals surface area (Å²) < 4.78 is 50.6. The van der Waals surface area contributed by atoms with Crippen LogP contribution in [0.4, 0.5) is 18.9 Å². The van der Waals surface area contributed by atoms with Gasteiger partial charge in [-0.15, -0.1) is 0 Å². The molecule has 6 nitrogen and oxygen atoms in total. The molecule has 0 heterocycles. The van der Waals surface area contributed by atoms with Crippen LogP contribution in [0.25, 0.3) is 0 Å². The molecule has 1 amide bonds. The van der Waals surface area contributed by atoms with Crippen LogP contribution in [0.15, 0.2) is 36.4 Å². The molecule has 0 atom stereocenters. The van der Waals surface area contributed by atoms with Gasteiger partial charge in [0.2, 0.25) is 5.91 Å². The van der Waals surface area contributed by atoms with Gasteiger partial charge in [-0.1, -0.05) is 13.0 Å². The Kier molecular flexibility index (Phi) is 8.00. The Morgan fingerprint density at radius 1 is 1.03 bits per heavy atom. The highest BCUT2D eigenvalue weighted by Crippen LogP contribution is 2.39. The number of esters is 1. The number of amides is 1. The highest BCUT2D eigenvalue weighted by Gasteiger charge is 2.37. The van der Waals surface area contributed by atoms with Crippen molar-refractivity contribution in [3.05, 3.63) is 53.1 Å². The normalized spacial score (nSPS) is 11.8. The number of anilines is 1. The number of ether oxygens (including phenoxy) is 2. The quantitative estimate of drug-likeness (QED) is 0.528. The Morgan fingerprint density at radius 3 is 2.15 bits per heavy atom. The monoisotopic (exact) mass is 467 g/mol. The van der Waals surface area contributed by atoms with Crippen LogP contribution in [0.5, 0.6) is 11.5 Å². The Balaban J connectivity index is 2.29. The molecule has 0 fully saturated rings. The second-order valence-corrected chi connectivity index (χ2v) is 8.48. The van der Waals surface area contributed by atoms with E-state index in [2.05, 4.69) is 0 Å². The lowest BCUT2D eigenvalue weighted by Crippen LogP contribution is -2.25. The molecule has 0 radical (unpaired) electrons. The van der Waals surface area contributed by atoms with E-state index >= 15 is 0 Å². The van der Waals surface area contributed by atoms with Crippen LogP contribution in [0.3, 0.4) is 0 Å². The van der Waals surface area contributed by atoms with E-state index in [9.17, 15) is 27.9 Å². The van der Waals surface area contributed by atoms with Gasteiger partial charge in [0.15, 0.2) is 0 Å². The number of rotatable bonds is 7. The molecule has 0 aliphatic rings. The van der Waals surface area contributed by atoms with E-state index in [1.165, 1.54) is 4.90 Å². The Hall–Kier alpha value is -3.23. The Morgan fingerprint density at radius 2 is 1.64 bits per heavy atom. The average molecular weight is 467 g/mol. The van der Waals surface area contributed by atoms with Gasteiger partial charge in [0.1, 0.15) is 29.3 Å². The molecule has 0 unspecified atom stereocenters. The lowest BCUT2D eigenvalue weighted by Gasteiger charge is -2.22. The van der Waals surface area contributed by atoms with E-state index in [4.69, 9.17) is 9.47 Å². The number of hydrogen-bond donors (Lipinski definition) is 1. The molecule has 2 rings (SSSR count). The maximum atomic E-state index is 13.2. The van der Waals surface area contributed by atoms with Crippen molar-refractivity contribution in [2.24, 2.45) is 0 Å². The van der Waals surface area contributed by atoms with Gasteiger partial charge in [-0.05, 0) is 57.5 Å². The number of nitrogens with zero attached hydrogens (tertiary/aromatic N) is 1. The average Bonchev–Trinajstić information content (AvgIpc) is 2.69. The largest absolute Gasteiger partial charge is 0.506 e. The fraction of sp³-hybridized carbons (Fsp3) is 0.417. The van der Waals surface area contributed by atoms with Crippen molar-refractivity contribution in [2.75, 3.05) is 11.9 Å². The van der Waals surface area contributed by atoms with Crippen molar-refractivity contribution in [3.63, 3.8) is 0 Å². The molecule has 0 aliphatic carbocycles. The van der Waals surface area contributed by atoms with Gasteiger partial charge in [0, 0.05) is 24.7 Å². The predicted molar refractivity (Wildman–Crippen MR) is 117 cm³/mol. The highest BCUT2D eigenvalue weighted by molar-refractivity contribution is 5.95. The van der Waals surface area contributed by atoms with E-state index in [1.54, 1.807) is 52.1 Å². The number of hydrogen-bond acceptors (Lipinski definition) is 5. The fourth-order valence-corrected chi connectivity index (χ4v) is 2.99. The van der Waals surface area contributed by atoms with Crippen LogP contribution in [-0.4, -0.2) is 29.6 Å². The third-order valence-corrected chi connectivity index (χ3v) is 4.63. The van der Waals surface area contributed by atoms with Crippen LogP contribution >= 0.6 is 0 Å². The first-order valence-electron chi connectivity index (χ1n) is 10.4. The third kappa shape index (κ3) is 6.87. The summed E-state index contributed by atoms with van der Waals surface area (Å²) in [5.41, 5.74) is -2.22. The summed E-state index contributed by atoms with van der Waals surface area (Å²) in [5, 5.41) is 10.2. The first kappa shape index (κ1) is 26.0. The predicted octanol–water partition coefficient (Wildman–Crippen LogP) is 5.71. The molecule has 9 heteroatoms. The summed E-state index contributed by atoms with van der Waals surface area (Å²) in [6, 6.07) is 8.31. The second-order valence-electron chi connectivity index (χ2n) is 8.48. The molecule has 0 aromatic heterocycles. The number of carbonyl (C=O) groups excluding carboxylic acids is 2. The fourth-order valence-electron chi connectivity index (χ4n) is 2.99. The van der Waals surface area contributed by atoms with Crippen molar-refractivity contribution in [2.45, 2.75) is 58.9 Å². The van der Waals surface area contributed by atoms with Gasteiger partial charge in [-0.25, -0.2) is 4.79 Å². The van der Waals surface area contributed by atoms with Crippen LogP contribution < -0.4 is 9.64 Å². The number of halogens is 3. The molecule has 0 saturated carbocycles. The molecular formula is C24H28F3NO5. The molecule has 1 N–H and O–H groups in total. The number of benzene rings is 2. The van der Waals surface area contributed by atoms with Crippen LogP contribution in [-0.2, 0) is 22.3 Å². The molecular weight excluding hydrogens is 439 g/mol. The number of aromatic hydroxyl groups is 1. The van der Waals surface area contributed by atoms with Gasteiger partial charge >= 0.3 is 12.1 Å². The molecule has 33 heavy (non-hydrogen) atoms. The van der Waals surface area contributed by atoms with Gasteiger partial charge < -0.3 is 19.5 Å². The maximum absolute atomic E-state index is 13.2. The van der Waals surface area contributed by atoms with E-state index < -0.39 is 34.6 Å². The zero-order valence-electron chi connectivity index (χ0n) is 19.2. The van der Waals surface area contributed by atoms with Crippen molar-refractivity contribution in [1.29, 1.82) is 0 Å². The van der Waals surface area contributed by atoms with Crippen molar-refractivity contribution in [3.8, 4) is 11.5 Å². The molecule has 180 valence electrons. The minimum Gasteiger partial charge on any atom is -0.506 e. The summed E-state index contributed by atoms with van der Waals surface area (Å²) in [6.07, 6.45) is -3.71. The van der Waals surface area contributed by atoms with E-state index in [1.807, 2.05) is 6.92 Å². The van der Waals surface area contributed by atoms with Gasteiger partial charge in [0.05, 0.1) is 5.56 Å². The molecule has 2 aromatic carbocycles. The number of alkyl halides is 3. The minimum absolute atomic E-state index is 0.0339. The van der Waals surface area contributed by atoms with Crippen molar-refractivity contribution < 1.29 is 37.3 Å². The summed E-state index contributed by atoms with van der Waals surface area (Å²) in [7, 11) is 1.66. The van der Waals surface area contributed by atoms with Gasteiger partial charge in [-0.2, -0.15) is 13.2 Å². The standard InChI is InChI=1S/C24H28F3NO5/c1-6-7-19(29)28(5)16-9-11-17(12-10-16)32-14-15-8-13-18(24(25,26)27)21(30)20(15)22(31)33-23(2,3)4/h8-13,30H,6-7,14H2,1-5H3. The second kappa shape index (κ2) is 10.1. The van der Waals surface area contributed by atoms with Gasteiger partial charge in [0.25, 0.3) is 0 Å². The van der Waals surface area contributed by atoms with E-state index in [0.29, 0.717) is 23.9 Å². The first-order chi connectivity index (χ1) is 15.2. The van der Waals surface area contributed by atoms with Gasteiger partial charge in [-0.3, -0.25) is 4.79 Å². The smallest absolute Gasteiger partial charge is 0.419 e. The Labute approximate surface area is 190 Å². The zero-order valence-corrected chi connectivity index (χ0v) is 19.2. The van der Waals surface area contributed by atoms with E-state index in [-0.39, 0.29) is 18.1 Å². The molecule has 0 bridgehead atoms. The minimum atomic E-state index is -4.85. The summed E-state index contributed by atoms with van der Waals surface area (Å²) >= 11 is 0. The molecule has 0 spiro atoms. The SMILES string of the molecule is CCCC(=O)N(C)c1ccc(OCc2ccc(C(F)(F)F)c(O)c2C(=O)OC(C)(C)C)cc1. The summed E-state index contributed by atoms with van der Waals surface area (Å²) in [4.78, 5) is 26.1. The third-order valence-electron chi connectivity index (χ3n) is 4.63. The van der Waals surface area contributed by atoms with Crippen molar-refractivity contribution in [1.82, 2.24) is 0 Å². The molecule has 0 saturated heterocycles. The van der Waals surface area contributed by atoms with Crippen LogP contribution in [0.2, 0.25) is 0 Å². The van der Waals surface area contributed by atoms with Crippen LogP contribution in [0.1, 0.15) is 62.0 Å². The number of phenolic OH excluding ortho intramolecular Hbond substituents is 1. The topological polar surface area (TPSA) is 76.1 Å². The molecule has 0 aliphatic heterocycles. The van der Waals surface area contributed by atoms with Crippen LogP contribution in [0, 0.1) is 0 Å². The number of carbonyl (C=O) groups is 2. The van der Waals surface area contributed by atoms with E-state index in [0.717, 1.165) is 12.5 Å². The Bertz CT molecular complexity index is 995. The number of phenols is 1. The zero-order chi connectivity index (χ0) is 25.0. The summed E-state index contributed by atoms with van der Waals surface area (Å²) in [5.74, 6) is -1.96.